The van der Waals surface area contributed by atoms with Crippen LogP contribution in [0, 0.1) is 17.8 Å². The van der Waals surface area contributed by atoms with E-state index in [9.17, 15) is 14.4 Å². The maximum Gasteiger partial charge on any atom is 0.306 e. The number of hydrogen-bond donors (Lipinski definition) is 0. The van der Waals surface area contributed by atoms with Gasteiger partial charge in [-0.05, 0) is 18.8 Å². The summed E-state index contributed by atoms with van der Waals surface area (Å²) in [6.45, 7) is 4.30. The van der Waals surface area contributed by atoms with Crippen molar-refractivity contribution in [3.8, 4) is 0 Å². The van der Waals surface area contributed by atoms with Gasteiger partial charge in [-0.2, -0.15) is 0 Å². The minimum Gasteiger partial charge on any atom is -0.469 e. The highest BCUT2D eigenvalue weighted by atomic mass is 16.5. The number of methoxy groups -OCH3 is 1. The molecule has 19 heavy (non-hydrogen) atoms. The van der Waals surface area contributed by atoms with Gasteiger partial charge in [0.25, 0.3) is 0 Å². The average Bonchev–Trinajstić information content (AvgIpc) is 2.69. The van der Waals surface area contributed by atoms with E-state index in [2.05, 4.69) is 4.74 Å². The zero-order valence-electron chi connectivity index (χ0n) is 11.8. The van der Waals surface area contributed by atoms with Crippen LogP contribution in [0.25, 0.3) is 0 Å². The van der Waals surface area contributed by atoms with Crippen molar-refractivity contribution >= 4 is 17.7 Å². The van der Waals surface area contributed by atoms with Crippen LogP contribution in [-0.2, 0) is 23.9 Å². The van der Waals surface area contributed by atoms with Crippen LogP contribution in [0.3, 0.4) is 0 Å². The Balaban J connectivity index is 2.38. The molecular weight excluding hydrogens is 248 g/mol. The fourth-order valence-electron chi connectivity index (χ4n) is 2.23. The van der Waals surface area contributed by atoms with E-state index in [1.165, 1.54) is 7.11 Å². The monoisotopic (exact) mass is 270 g/mol. The van der Waals surface area contributed by atoms with Crippen LogP contribution in [0.5, 0.6) is 0 Å². The van der Waals surface area contributed by atoms with Gasteiger partial charge in [-0.25, -0.2) is 0 Å². The fraction of sp³-hybridized carbons (Fsp3) is 0.786. The third-order valence-electron chi connectivity index (χ3n) is 3.30. The second-order valence-electron chi connectivity index (χ2n) is 5.43. The van der Waals surface area contributed by atoms with Crippen LogP contribution in [0.2, 0.25) is 0 Å². The van der Waals surface area contributed by atoms with Crippen LogP contribution in [0.15, 0.2) is 0 Å². The Kier molecular flexibility index (Phi) is 5.99. The number of rotatable bonds is 6. The first-order valence-corrected chi connectivity index (χ1v) is 6.70. The molecule has 5 nitrogen and oxygen atoms in total. The first kappa shape index (κ1) is 15.7. The summed E-state index contributed by atoms with van der Waals surface area (Å²) in [6.07, 6.45) is 1.55. The van der Waals surface area contributed by atoms with Gasteiger partial charge in [0.1, 0.15) is 5.78 Å². The Bertz CT molecular complexity index is 348. The zero-order valence-corrected chi connectivity index (χ0v) is 11.8. The second kappa shape index (κ2) is 7.26. The molecule has 0 heterocycles. The van der Waals surface area contributed by atoms with Gasteiger partial charge in [-0.3, -0.25) is 14.4 Å². The molecule has 0 radical (unpaired) electrons. The maximum atomic E-state index is 12.0. The number of hydrogen-bond acceptors (Lipinski definition) is 5. The van der Waals surface area contributed by atoms with E-state index in [0.29, 0.717) is 19.4 Å². The van der Waals surface area contributed by atoms with Gasteiger partial charge in [-0.1, -0.05) is 13.8 Å². The Labute approximate surface area is 113 Å². The summed E-state index contributed by atoms with van der Waals surface area (Å²) in [5.74, 6) is -1.01. The summed E-state index contributed by atoms with van der Waals surface area (Å²) in [5.41, 5.74) is 0. The molecule has 0 bridgehead atoms. The molecule has 0 N–H and O–H groups in total. The van der Waals surface area contributed by atoms with Gasteiger partial charge in [-0.15, -0.1) is 0 Å². The van der Waals surface area contributed by atoms with E-state index in [0.717, 1.165) is 0 Å². The van der Waals surface area contributed by atoms with Crippen molar-refractivity contribution in [2.45, 2.75) is 39.5 Å². The topological polar surface area (TPSA) is 69.7 Å². The van der Waals surface area contributed by atoms with E-state index < -0.39 is 0 Å². The Hall–Kier alpha value is -1.39. The average molecular weight is 270 g/mol. The molecule has 0 aromatic rings. The van der Waals surface area contributed by atoms with Crippen LogP contribution >= 0.6 is 0 Å². The van der Waals surface area contributed by atoms with Gasteiger partial charge < -0.3 is 9.47 Å². The van der Waals surface area contributed by atoms with Crippen molar-refractivity contribution in [1.82, 2.24) is 0 Å². The highest BCUT2D eigenvalue weighted by molar-refractivity contribution is 5.91. The number of ether oxygens (including phenoxy) is 2. The molecule has 0 amide bonds. The van der Waals surface area contributed by atoms with E-state index in [1.807, 2.05) is 13.8 Å². The van der Waals surface area contributed by atoms with Gasteiger partial charge in [0, 0.05) is 11.8 Å². The lowest BCUT2D eigenvalue weighted by Gasteiger charge is -2.11. The van der Waals surface area contributed by atoms with Crippen LogP contribution < -0.4 is 0 Å². The molecule has 0 saturated heterocycles. The highest BCUT2D eigenvalue weighted by Crippen LogP contribution is 2.32. The predicted molar refractivity (Wildman–Crippen MR) is 68.3 cm³/mol. The van der Waals surface area contributed by atoms with E-state index in [-0.39, 0.29) is 48.3 Å². The Morgan fingerprint density at radius 2 is 1.68 bits per heavy atom. The molecule has 0 aromatic carbocycles. The molecule has 108 valence electrons. The maximum absolute atomic E-state index is 12.0. The molecule has 2 atom stereocenters. The van der Waals surface area contributed by atoms with Crippen molar-refractivity contribution in [2.24, 2.45) is 17.8 Å². The minimum atomic E-state index is -0.374. The van der Waals surface area contributed by atoms with Gasteiger partial charge >= 0.3 is 11.9 Å². The third-order valence-corrected chi connectivity index (χ3v) is 3.30. The number of ketones is 1. The largest absolute Gasteiger partial charge is 0.469 e. The lowest BCUT2D eigenvalue weighted by Crippen LogP contribution is -2.21. The third kappa shape index (κ3) is 5.01. The molecular formula is C14H22O5. The molecule has 0 aliphatic heterocycles. The molecule has 1 rings (SSSR count). The van der Waals surface area contributed by atoms with E-state index >= 15 is 0 Å². The van der Waals surface area contributed by atoms with Gasteiger partial charge in [0.05, 0.1) is 26.6 Å². The lowest BCUT2D eigenvalue weighted by atomic mass is 9.98. The summed E-state index contributed by atoms with van der Waals surface area (Å²) in [5, 5.41) is 0. The first-order valence-electron chi connectivity index (χ1n) is 6.70. The standard InChI is InChI=1S/C14H22O5/c1-9(2)8-19-13(16)7-11-5-4-10(14(11)17)6-12(15)18-3/h9-11H,4-8H2,1-3H3/t10?,11-/m0/s1. The minimum absolute atomic E-state index is 0.00750. The summed E-state index contributed by atoms with van der Waals surface area (Å²) in [7, 11) is 1.31. The summed E-state index contributed by atoms with van der Waals surface area (Å²) in [6, 6.07) is 0. The number of Topliss-reactive ketones (excluding diaryl/α,β-unsaturated/α-hetero) is 1. The number of carbonyl (C=O) groups excluding carboxylic acids is 3. The van der Waals surface area contributed by atoms with Gasteiger partial charge in [0.2, 0.25) is 0 Å². The second-order valence-corrected chi connectivity index (χ2v) is 5.43. The van der Waals surface area contributed by atoms with Crippen molar-refractivity contribution in [2.75, 3.05) is 13.7 Å². The van der Waals surface area contributed by atoms with Crippen LogP contribution in [0.1, 0.15) is 39.5 Å². The van der Waals surface area contributed by atoms with Crippen molar-refractivity contribution in [3.05, 3.63) is 0 Å². The van der Waals surface area contributed by atoms with Crippen LogP contribution in [0.4, 0.5) is 0 Å². The summed E-state index contributed by atoms with van der Waals surface area (Å²) in [4.78, 5) is 34.7. The number of esters is 2. The van der Waals surface area contributed by atoms with Crippen molar-refractivity contribution < 1.29 is 23.9 Å². The smallest absolute Gasteiger partial charge is 0.306 e. The summed E-state index contributed by atoms with van der Waals surface area (Å²) < 4.78 is 9.63. The van der Waals surface area contributed by atoms with E-state index in [4.69, 9.17) is 4.74 Å². The summed E-state index contributed by atoms with van der Waals surface area (Å²) >= 11 is 0. The normalized spacial score (nSPS) is 22.6. The zero-order chi connectivity index (χ0) is 14.4. The molecule has 0 spiro atoms. The lowest BCUT2D eigenvalue weighted by molar-refractivity contribution is -0.147. The Morgan fingerprint density at radius 1 is 1.16 bits per heavy atom. The number of carbonyl (C=O) groups is 3. The van der Waals surface area contributed by atoms with E-state index in [1.54, 1.807) is 0 Å². The molecule has 1 saturated carbocycles. The fourth-order valence-corrected chi connectivity index (χ4v) is 2.23. The quantitative estimate of drug-likeness (QED) is 0.687. The molecule has 0 aromatic heterocycles. The molecule has 1 aliphatic rings. The molecule has 1 unspecified atom stereocenters. The molecule has 1 fully saturated rings. The van der Waals surface area contributed by atoms with Crippen molar-refractivity contribution in [1.29, 1.82) is 0 Å². The van der Waals surface area contributed by atoms with Crippen molar-refractivity contribution in [3.63, 3.8) is 0 Å². The molecule has 1 aliphatic carbocycles. The Morgan fingerprint density at radius 3 is 2.16 bits per heavy atom. The van der Waals surface area contributed by atoms with Crippen LogP contribution in [-0.4, -0.2) is 31.4 Å². The SMILES string of the molecule is COC(=O)CC1CC[C@@H](CC(=O)OCC(C)C)C1=O. The highest BCUT2D eigenvalue weighted by Gasteiger charge is 2.36. The predicted octanol–water partition coefficient (Wildman–Crippen LogP) is 1.73. The first-order chi connectivity index (χ1) is 8.93. The van der Waals surface area contributed by atoms with Gasteiger partial charge in [0.15, 0.2) is 0 Å². The molecule has 5 heteroatoms.